The Kier molecular flexibility index (Phi) is 4.99. The lowest BCUT2D eigenvalue weighted by Gasteiger charge is -2.21. The number of nitrogens with zero attached hydrogens (tertiary/aromatic N) is 2. The molecule has 27 heavy (non-hydrogen) atoms. The smallest absolute Gasteiger partial charge is 0.497 e. The molecule has 2 aromatic carbocycles. The topological polar surface area (TPSA) is 88.9 Å². The highest BCUT2D eigenvalue weighted by Crippen LogP contribution is 2.43. The third-order valence-electron chi connectivity index (χ3n) is 4.28. The van der Waals surface area contributed by atoms with Crippen LogP contribution in [0.2, 0.25) is 0 Å². The Morgan fingerprint density at radius 1 is 1.19 bits per heavy atom. The first-order chi connectivity index (χ1) is 13.1. The van der Waals surface area contributed by atoms with E-state index in [0.717, 1.165) is 5.56 Å². The van der Waals surface area contributed by atoms with E-state index in [-0.39, 0.29) is 13.2 Å². The van der Waals surface area contributed by atoms with E-state index in [1.807, 2.05) is 18.2 Å². The molecule has 0 spiro atoms. The Morgan fingerprint density at radius 2 is 1.89 bits per heavy atom. The number of carbonyl (C=O) groups excluding carboxylic acids is 2. The number of nitriles is 1. The van der Waals surface area contributed by atoms with Crippen LogP contribution in [0.4, 0.5) is 10.5 Å². The lowest BCUT2D eigenvalue weighted by Crippen LogP contribution is -2.42. The monoisotopic (exact) mass is 366 g/mol. The summed E-state index contributed by atoms with van der Waals surface area (Å²) >= 11 is 0. The first-order valence-corrected chi connectivity index (χ1v) is 8.37. The molecule has 1 atom stereocenters. The van der Waals surface area contributed by atoms with Crippen molar-refractivity contribution in [2.75, 3.05) is 18.6 Å². The number of rotatable bonds is 5. The maximum absolute atomic E-state index is 13.1. The van der Waals surface area contributed by atoms with Gasteiger partial charge in [0.15, 0.2) is 0 Å². The molecule has 1 aliphatic heterocycles. The zero-order valence-corrected chi connectivity index (χ0v) is 15.0. The molecule has 138 valence electrons. The molecule has 7 heteroatoms. The second-order valence-corrected chi connectivity index (χ2v) is 5.83. The molecule has 2 aromatic rings. The summed E-state index contributed by atoms with van der Waals surface area (Å²) in [4.78, 5) is 26.4. The summed E-state index contributed by atoms with van der Waals surface area (Å²) in [5.74, 6) is 0.0685. The molecule has 7 nitrogen and oxygen atoms in total. The van der Waals surface area contributed by atoms with Gasteiger partial charge in [-0.05, 0) is 30.7 Å². The molecule has 0 fully saturated rings. The van der Waals surface area contributed by atoms with Gasteiger partial charge in [0.2, 0.25) is 0 Å². The SMILES string of the molecule is CCOC(=O)OC1(C#N)C(=O)N(Cc2ccc(OC)cc2)c2ccccc21. The summed E-state index contributed by atoms with van der Waals surface area (Å²) in [6.07, 6.45) is -1.06. The van der Waals surface area contributed by atoms with Crippen molar-refractivity contribution in [3.8, 4) is 11.8 Å². The van der Waals surface area contributed by atoms with E-state index in [9.17, 15) is 14.9 Å². The minimum absolute atomic E-state index is 0.0751. The molecule has 0 N–H and O–H groups in total. The van der Waals surface area contributed by atoms with Gasteiger partial charge in [0.1, 0.15) is 11.8 Å². The quantitative estimate of drug-likeness (QED) is 0.756. The Balaban J connectivity index is 1.98. The van der Waals surface area contributed by atoms with Crippen molar-refractivity contribution in [2.24, 2.45) is 0 Å². The molecular weight excluding hydrogens is 348 g/mol. The van der Waals surface area contributed by atoms with Crippen molar-refractivity contribution in [3.63, 3.8) is 0 Å². The Bertz CT molecular complexity index is 903. The number of methoxy groups -OCH3 is 1. The van der Waals surface area contributed by atoms with Crippen LogP contribution in [0.15, 0.2) is 48.5 Å². The Morgan fingerprint density at radius 3 is 2.52 bits per heavy atom. The van der Waals surface area contributed by atoms with Crippen molar-refractivity contribution >= 4 is 17.7 Å². The van der Waals surface area contributed by atoms with Crippen LogP contribution in [0.3, 0.4) is 0 Å². The van der Waals surface area contributed by atoms with E-state index in [0.29, 0.717) is 17.0 Å². The second kappa shape index (κ2) is 7.38. The van der Waals surface area contributed by atoms with Crippen molar-refractivity contribution in [1.82, 2.24) is 0 Å². The van der Waals surface area contributed by atoms with Gasteiger partial charge >= 0.3 is 11.8 Å². The second-order valence-electron chi connectivity index (χ2n) is 5.83. The van der Waals surface area contributed by atoms with Crippen LogP contribution >= 0.6 is 0 Å². The maximum Gasteiger partial charge on any atom is 0.510 e. The normalized spacial score (nSPS) is 17.8. The van der Waals surface area contributed by atoms with Gasteiger partial charge in [-0.2, -0.15) is 5.26 Å². The molecule has 0 radical (unpaired) electrons. The van der Waals surface area contributed by atoms with Crippen LogP contribution in [-0.4, -0.2) is 25.8 Å². The van der Waals surface area contributed by atoms with E-state index in [1.165, 1.54) is 4.90 Å². The van der Waals surface area contributed by atoms with E-state index in [1.54, 1.807) is 50.4 Å². The fourth-order valence-corrected chi connectivity index (χ4v) is 2.99. The summed E-state index contributed by atoms with van der Waals surface area (Å²) in [6.45, 7) is 1.90. The average molecular weight is 366 g/mol. The molecule has 1 unspecified atom stereocenters. The fourth-order valence-electron chi connectivity index (χ4n) is 2.99. The summed E-state index contributed by atoms with van der Waals surface area (Å²) < 4.78 is 15.1. The minimum Gasteiger partial charge on any atom is -0.497 e. The minimum atomic E-state index is -2.06. The van der Waals surface area contributed by atoms with Gasteiger partial charge in [0, 0.05) is 5.56 Å². The highest BCUT2D eigenvalue weighted by Gasteiger charge is 2.55. The molecule has 0 saturated heterocycles. The van der Waals surface area contributed by atoms with E-state index >= 15 is 0 Å². The molecule has 0 bridgehead atoms. The number of fused-ring (bicyclic) bond motifs is 1. The zero-order chi connectivity index (χ0) is 19.4. The molecule has 1 amide bonds. The molecule has 0 saturated carbocycles. The van der Waals surface area contributed by atoms with Gasteiger partial charge in [0.25, 0.3) is 5.91 Å². The molecule has 1 heterocycles. The van der Waals surface area contributed by atoms with E-state index in [2.05, 4.69) is 0 Å². The third kappa shape index (κ3) is 3.17. The van der Waals surface area contributed by atoms with Crippen LogP contribution in [0.25, 0.3) is 0 Å². The number of amides is 1. The van der Waals surface area contributed by atoms with Gasteiger partial charge < -0.3 is 19.1 Å². The number of ether oxygens (including phenoxy) is 3. The van der Waals surface area contributed by atoms with Gasteiger partial charge in [-0.1, -0.05) is 30.3 Å². The summed E-state index contributed by atoms with van der Waals surface area (Å²) in [5.41, 5.74) is -0.387. The predicted molar refractivity (Wildman–Crippen MR) is 96.0 cm³/mol. The first kappa shape index (κ1) is 18.3. The molecule has 1 aliphatic rings. The number of hydrogen-bond acceptors (Lipinski definition) is 6. The molecule has 3 rings (SSSR count). The van der Waals surface area contributed by atoms with Crippen LogP contribution in [0, 0.1) is 11.3 Å². The number of hydrogen-bond donors (Lipinski definition) is 0. The van der Waals surface area contributed by atoms with Gasteiger partial charge in [0.05, 0.1) is 25.9 Å². The average Bonchev–Trinajstić information content (AvgIpc) is 2.92. The summed E-state index contributed by atoms with van der Waals surface area (Å²) in [6, 6.07) is 15.9. The Hall–Kier alpha value is -3.53. The lowest BCUT2D eigenvalue weighted by molar-refractivity contribution is -0.133. The molecule has 0 aromatic heterocycles. The van der Waals surface area contributed by atoms with E-state index in [4.69, 9.17) is 14.2 Å². The summed E-state index contributed by atoms with van der Waals surface area (Å²) in [5, 5.41) is 9.76. The van der Waals surface area contributed by atoms with Crippen LogP contribution in [-0.2, 0) is 26.4 Å². The molecular formula is C20H18N2O5. The predicted octanol–water partition coefficient (Wildman–Crippen LogP) is 3.13. The molecule has 0 aliphatic carbocycles. The number of carbonyl (C=O) groups is 2. The van der Waals surface area contributed by atoms with Crippen molar-refractivity contribution in [2.45, 2.75) is 19.1 Å². The lowest BCUT2D eigenvalue weighted by atomic mass is 9.97. The first-order valence-electron chi connectivity index (χ1n) is 8.37. The van der Waals surface area contributed by atoms with Gasteiger partial charge in [-0.3, -0.25) is 4.79 Å². The van der Waals surface area contributed by atoms with E-state index < -0.39 is 17.7 Å². The maximum atomic E-state index is 13.1. The third-order valence-corrected chi connectivity index (χ3v) is 4.28. The van der Waals surface area contributed by atoms with Crippen molar-refractivity contribution in [3.05, 3.63) is 59.7 Å². The van der Waals surface area contributed by atoms with Gasteiger partial charge in [-0.15, -0.1) is 0 Å². The summed E-state index contributed by atoms with van der Waals surface area (Å²) in [7, 11) is 1.57. The van der Waals surface area contributed by atoms with Crippen LogP contribution in [0.1, 0.15) is 18.1 Å². The standard InChI is InChI=1S/C20H18N2O5/c1-3-26-19(24)27-20(13-21)16-6-4-5-7-17(16)22(18(20)23)12-14-8-10-15(25-2)11-9-14/h4-11H,3,12H2,1-2H3. The zero-order valence-electron chi connectivity index (χ0n) is 15.0. The van der Waals surface area contributed by atoms with Crippen LogP contribution in [0.5, 0.6) is 5.75 Å². The Labute approximate surface area is 156 Å². The van der Waals surface area contributed by atoms with Gasteiger partial charge in [-0.25, -0.2) is 4.79 Å². The van der Waals surface area contributed by atoms with Crippen LogP contribution < -0.4 is 9.64 Å². The number of anilines is 1. The fraction of sp³-hybridized carbons (Fsp3) is 0.250. The largest absolute Gasteiger partial charge is 0.510 e. The number of para-hydroxylation sites is 1. The number of benzene rings is 2. The highest BCUT2D eigenvalue weighted by molar-refractivity contribution is 6.09. The van der Waals surface area contributed by atoms with Crippen molar-refractivity contribution < 1.29 is 23.8 Å². The highest BCUT2D eigenvalue weighted by atomic mass is 16.7. The van der Waals surface area contributed by atoms with Crippen molar-refractivity contribution in [1.29, 1.82) is 5.26 Å².